The molecule has 0 unspecified atom stereocenters. The molecule has 0 aliphatic carbocycles. The molecule has 0 spiro atoms. The first-order valence-corrected chi connectivity index (χ1v) is 6.90. The second-order valence-corrected chi connectivity index (χ2v) is 7.46. The molecule has 2 heterocycles. The van der Waals surface area contributed by atoms with Crippen LogP contribution in [0.15, 0.2) is 16.9 Å². The molecular weight excluding hydrogens is 236 g/mol. The summed E-state index contributed by atoms with van der Waals surface area (Å²) in [5, 5.41) is 0. The molecule has 0 radical (unpaired) electrons. The van der Waals surface area contributed by atoms with Gasteiger partial charge < -0.3 is 4.42 Å². The number of rotatable bonds is 2. The van der Waals surface area contributed by atoms with Crippen LogP contribution in [0.25, 0.3) is 11.1 Å². The molecule has 0 saturated heterocycles. The predicted molar refractivity (Wildman–Crippen MR) is 78.3 cm³/mol. The summed E-state index contributed by atoms with van der Waals surface area (Å²) in [7, 11) is 0. The molecule has 0 N–H and O–H groups in total. The van der Waals surface area contributed by atoms with Crippen LogP contribution in [0, 0.1) is 5.41 Å². The van der Waals surface area contributed by atoms with Gasteiger partial charge in [-0.2, -0.15) is 0 Å². The summed E-state index contributed by atoms with van der Waals surface area (Å²) in [6.07, 6.45) is 3.55. The molecule has 0 atom stereocenters. The van der Waals surface area contributed by atoms with E-state index in [0.29, 0.717) is 5.41 Å². The summed E-state index contributed by atoms with van der Waals surface area (Å²) < 4.78 is 5.48. The maximum Gasteiger partial charge on any atom is 0.182 e. The number of oxazole rings is 1. The fraction of sp³-hybridized carbons (Fsp3) is 0.625. The van der Waals surface area contributed by atoms with E-state index in [9.17, 15) is 0 Å². The highest BCUT2D eigenvalue weighted by molar-refractivity contribution is 5.75. The second-order valence-electron chi connectivity index (χ2n) is 7.46. The number of aromatic nitrogens is 2. The summed E-state index contributed by atoms with van der Waals surface area (Å²) in [6.45, 7) is 13.3. The number of hydrogen-bond acceptors (Lipinski definition) is 3. The fourth-order valence-corrected chi connectivity index (χ4v) is 1.98. The van der Waals surface area contributed by atoms with E-state index in [1.54, 1.807) is 0 Å². The van der Waals surface area contributed by atoms with Crippen molar-refractivity contribution < 1.29 is 4.42 Å². The quantitative estimate of drug-likeness (QED) is 0.798. The van der Waals surface area contributed by atoms with E-state index >= 15 is 0 Å². The summed E-state index contributed by atoms with van der Waals surface area (Å²) in [6, 6.07) is 2.02. The molecule has 0 fully saturated rings. The largest absolute Gasteiger partial charge is 0.443 e. The Hall–Kier alpha value is -1.38. The summed E-state index contributed by atoms with van der Waals surface area (Å²) in [5.41, 5.74) is 4.22. The van der Waals surface area contributed by atoms with Crippen molar-refractivity contribution in [1.29, 1.82) is 0 Å². The maximum atomic E-state index is 5.48. The number of aryl methyl sites for hydroxylation is 1. The van der Waals surface area contributed by atoms with Crippen LogP contribution in [0.1, 0.15) is 59.4 Å². The van der Waals surface area contributed by atoms with E-state index in [2.05, 4.69) is 46.5 Å². The molecule has 0 aromatic carbocycles. The first kappa shape index (κ1) is 14.0. The molecule has 2 aromatic heterocycles. The van der Waals surface area contributed by atoms with Crippen LogP contribution < -0.4 is 0 Å². The number of nitrogens with zero attached hydrogens (tertiary/aromatic N) is 2. The van der Waals surface area contributed by atoms with Crippen molar-refractivity contribution in [1.82, 2.24) is 9.97 Å². The number of fused-ring (bicyclic) bond motifs is 1. The standard InChI is InChI=1S/C16H24N2O/c1-15(2,3)8-7-11-14-12(19-10-17-14)9-13(18-11)16(4,5)6/h9-10H,7-8H2,1-6H3. The first-order chi connectivity index (χ1) is 8.67. The third-order valence-electron chi connectivity index (χ3n) is 3.27. The highest BCUT2D eigenvalue weighted by Crippen LogP contribution is 2.28. The van der Waals surface area contributed by atoms with Crippen molar-refractivity contribution >= 4 is 11.1 Å². The van der Waals surface area contributed by atoms with Crippen molar-refractivity contribution in [2.45, 2.75) is 59.8 Å². The van der Waals surface area contributed by atoms with Crippen molar-refractivity contribution in [3.05, 3.63) is 23.8 Å². The lowest BCUT2D eigenvalue weighted by Gasteiger charge is -2.20. The Kier molecular flexibility index (Phi) is 3.41. The van der Waals surface area contributed by atoms with Crippen LogP contribution in [0.2, 0.25) is 0 Å². The van der Waals surface area contributed by atoms with Crippen molar-refractivity contribution in [3.8, 4) is 0 Å². The first-order valence-electron chi connectivity index (χ1n) is 6.90. The average molecular weight is 260 g/mol. The van der Waals surface area contributed by atoms with Crippen LogP contribution in [-0.4, -0.2) is 9.97 Å². The molecule has 0 aliphatic heterocycles. The Morgan fingerprint density at radius 1 is 1.11 bits per heavy atom. The summed E-state index contributed by atoms with van der Waals surface area (Å²) in [5.74, 6) is 0. The molecule has 0 bridgehead atoms. The Morgan fingerprint density at radius 3 is 2.37 bits per heavy atom. The highest BCUT2D eigenvalue weighted by atomic mass is 16.3. The van der Waals surface area contributed by atoms with Gasteiger partial charge in [-0.25, -0.2) is 4.98 Å². The van der Waals surface area contributed by atoms with E-state index in [1.165, 1.54) is 6.39 Å². The lowest BCUT2D eigenvalue weighted by atomic mass is 9.88. The SMILES string of the molecule is CC(C)(C)CCc1nc(C(C)(C)C)cc2ocnc12. The zero-order chi connectivity index (χ0) is 14.3. The predicted octanol–water partition coefficient (Wildman–Crippen LogP) is 4.50. The highest BCUT2D eigenvalue weighted by Gasteiger charge is 2.20. The minimum absolute atomic E-state index is 0.0253. The minimum Gasteiger partial charge on any atom is -0.443 e. The van der Waals surface area contributed by atoms with Crippen molar-refractivity contribution in [2.75, 3.05) is 0 Å². The van der Waals surface area contributed by atoms with Gasteiger partial charge in [0.25, 0.3) is 0 Å². The van der Waals surface area contributed by atoms with Gasteiger partial charge >= 0.3 is 0 Å². The second kappa shape index (κ2) is 4.62. The van der Waals surface area contributed by atoms with Gasteiger partial charge in [-0.3, -0.25) is 4.98 Å². The van der Waals surface area contributed by atoms with Crippen molar-refractivity contribution in [3.63, 3.8) is 0 Å². The van der Waals surface area contributed by atoms with Gasteiger partial charge in [0.1, 0.15) is 5.52 Å². The molecule has 3 nitrogen and oxygen atoms in total. The molecule has 0 saturated carbocycles. The molecular formula is C16H24N2O. The number of pyridine rings is 1. The van der Waals surface area contributed by atoms with Crippen LogP contribution in [0.5, 0.6) is 0 Å². The lowest BCUT2D eigenvalue weighted by molar-refractivity contribution is 0.376. The summed E-state index contributed by atoms with van der Waals surface area (Å²) in [4.78, 5) is 9.14. The molecule has 19 heavy (non-hydrogen) atoms. The Morgan fingerprint density at radius 2 is 1.79 bits per heavy atom. The van der Waals surface area contributed by atoms with Gasteiger partial charge in [-0.1, -0.05) is 41.5 Å². The van der Waals surface area contributed by atoms with E-state index < -0.39 is 0 Å². The molecule has 3 heteroatoms. The van der Waals surface area contributed by atoms with Gasteiger partial charge in [0, 0.05) is 17.2 Å². The van der Waals surface area contributed by atoms with Gasteiger partial charge in [-0.15, -0.1) is 0 Å². The van der Waals surface area contributed by atoms with Crippen LogP contribution in [0.3, 0.4) is 0 Å². The van der Waals surface area contributed by atoms with E-state index in [-0.39, 0.29) is 5.41 Å². The van der Waals surface area contributed by atoms with Crippen LogP contribution in [0.4, 0.5) is 0 Å². The third-order valence-corrected chi connectivity index (χ3v) is 3.27. The zero-order valence-corrected chi connectivity index (χ0v) is 12.9. The van der Waals surface area contributed by atoms with Crippen LogP contribution >= 0.6 is 0 Å². The maximum absolute atomic E-state index is 5.48. The van der Waals surface area contributed by atoms with Crippen molar-refractivity contribution in [2.24, 2.45) is 5.41 Å². The van der Waals surface area contributed by atoms with Gasteiger partial charge in [0.2, 0.25) is 0 Å². The fourth-order valence-electron chi connectivity index (χ4n) is 1.98. The van der Waals surface area contributed by atoms with Crippen LogP contribution in [-0.2, 0) is 11.8 Å². The molecule has 104 valence electrons. The molecule has 2 aromatic rings. The van der Waals surface area contributed by atoms with Gasteiger partial charge in [-0.05, 0) is 18.3 Å². The van der Waals surface area contributed by atoms with Gasteiger partial charge in [0.05, 0.1) is 5.69 Å². The minimum atomic E-state index is 0.0253. The van der Waals surface area contributed by atoms with E-state index in [1.807, 2.05) is 6.07 Å². The molecule has 2 rings (SSSR count). The normalized spacial score (nSPS) is 13.2. The summed E-state index contributed by atoms with van der Waals surface area (Å²) >= 11 is 0. The Bertz CT molecular complexity index is 570. The monoisotopic (exact) mass is 260 g/mol. The van der Waals surface area contributed by atoms with E-state index in [4.69, 9.17) is 9.40 Å². The molecule has 0 amide bonds. The zero-order valence-electron chi connectivity index (χ0n) is 12.9. The smallest absolute Gasteiger partial charge is 0.182 e. The van der Waals surface area contributed by atoms with E-state index in [0.717, 1.165) is 35.3 Å². The Labute approximate surface area is 115 Å². The Balaban J connectivity index is 2.43. The molecule has 0 aliphatic rings. The number of hydrogen-bond donors (Lipinski definition) is 0. The third kappa shape index (κ3) is 3.34. The topological polar surface area (TPSA) is 38.9 Å². The average Bonchev–Trinajstić information content (AvgIpc) is 2.71. The van der Waals surface area contributed by atoms with Gasteiger partial charge in [0.15, 0.2) is 12.0 Å². The lowest BCUT2D eigenvalue weighted by Crippen LogP contribution is -2.15.